The third kappa shape index (κ3) is 2.10. The largest absolute Gasteiger partial charge is 0.361 e. The van der Waals surface area contributed by atoms with Gasteiger partial charge in [-0.05, 0) is 24.0 Å². The molecule has 0 saturated heterocycles. The molecule has 0 aliphatic carbocycles. The summed E-state index contributed by atoms with van der Waals surface area (Å²) in [7, 11) is 2.78. The van der Waals surface area contributed by atoms with Crippen molar-refractivity contribution in [2.45, 2.75) is 39.5 Å². The maximum absolute atomic E-state index is 3.27. The minimum absolute atomic E-state index is 1.21. The summed E-state index contributed by atoms with van der Waals surface area (Å²) in [4.78, 5) is 3.27. The molecular formula is C10H18NP. The fourth-order valence-electron chi connectivity index (χ4n) is 1.55. The second-order valence-electron chi connectivity index (χ2n) is 3.21. The summed E-state index contributed by atoms with van der Waals surface area (Å²) in [5.74, 6) is 0. The van der Waals surface area contributed by atoms with Crippen LogP contribution in [0.5, 0.6) is 0 Å². The smallest absolute Gasteiger partial charge is 0.0356 e. The molecule has 1 nitrogen and oxygen atoms in total. The van der Waals surface area contributed by atoms with Gasteiger partial charge in [0, 0.05) is 11.6 Å². The number of aromatic nitrogens is 1. The Kier molecular flexibility index (Phi) is 3.81. The molecule has 1 N–H and O–H groups in total. The van der Waals surface area contributed by atoms with Gasteiger partial charge in [0.15, 0.2) is 0 Å². The number of H-pyrrole nitrogens is 1. The molecule has 1 unspecified atom stereocenters. The summed E-state index contributed by atoms with van der Waals surface area (Å²) < 4.78 is 0. The lowest BCUT2D eigenvalue weighted by atomic mass is 10.1. The van der Waals surface area contributed by atoms with Crippen molar-refractivity contribution < 1.29 is 0 Å². The summed E-state index contributed by atoms with van der Waals surface area (Å²) in [6.07, 6.45) is 7.03. The second-order valence-corrected chi connectivity index (χ2v) is 3.78. The molecule has 12 heavy (non-hydrogen) atoms. The number of aromatic amines is 1. The van der Waals surface area contributed by atoms with Gasteiger partial charge in [0.05, 0.1) is 0 Å². The zero-order valence-corrected chi connectivity index (χ0v) is 9.14. The van der Waals surface area contributed by atoms with Crippen LogP contribution in [0.3, 0.4) is 0 Å². The molecule has 0 aromatic carbocycles. The summed E-state index contributed by atoms with van der Waals surface area (Å²) >= 11 is 0. The van der Waals surface area contributed by atoms with Gasteiger partial charge in [-0.25, -0.2) is 0 Å². The molecule has 0 amide bonds. The molecule has 68 valence electrons. The molecule has 1 atom stereocenters. The fraction of sp³-hybridized carbons (Fsp3) is 0.600. The van der Waals surface area contributed by atoms with E-state index in [4.69, 9.17) is 0 Å². The van der Waals surface area contributed by atoms with Crippen molar-refractivity contribution in [2.24, 2.45) is 0 Å². The molecule has 0 spiro atoms. The minimum atomic E-state index is 1.21. The maximum Gasteiger partial charge on any atom is 0.0356 e. The minimum Gasteiger partial charge on any atom is -0.361 e. The Bertz CT molecular complexity index is 240. The molecule has 1 rings (SSSR count). The molecule has 1 heterocycles. The number of hydrogen-bond donors (Lipinski definition) is 1. The number of hydrogen-bond acceptors (Lipinski definition) is 0. The number of rotatable bonds is 4. The Balaban J connectivity index is 2.80. The van der Waals surface area contributed by atoms with Crippen LogP contribution < -0.4 is 5.44 Å². The van der Waals surface area contributed by atoms with Gasteiger partial charge in [-0.15, -0.1) is 0 Å². The lowest BCUT2D eigenvalue weighted by molar-refractivity contribution is 0.872. The van der Waals surface area contributed by atoms with Crippen LogP contribution in [0.25, 0.3) is 0 Å². The van der Waals surface area contributed by atoms with Crippen molar-refractivity contribution in [3.8, 4) is 0 Å². The Hall–Kier alpha value is -0.290. The van der Waals surface area contributed by atoms with Crippen molar-refractivity contribution in [2.75, 3.05) is 0 Å². The standard InChI is InChI=1S/C10H18NP/c1-3-5-8-7-11-10(12)9(8)6-4-2/h7,11H,3-6,12H2,1-2H3. The Morgan fingerprint density at radius 3 is 2.50 bits per heavy atom. The van der Waals surface area contributed by atoms with E-state index in [-0.39, 0.29) is 0 Å². The van der Waals surface area contributed by atoms with Crippen LogP contribution in [0, 0.1) is 0 Å². The van der Waals surface area contributed by atoms with Crippen molar-refractivity contribution >= 4 is 14.7 Å². The van der Waals surface area contributed by atoms with Gasteiger partial charge in [0.1, 0.15) is 0 Å². The van der Waals surface area contributed by atoms with Gasteiger partial charge < -0.3 is 4.98 Å². The van der Waals surface area contributed by atoms with Crippen molar-refractivity contribution in [3.63, 3.8) is 0 Å². The van der Waals surface area contributed by atoms with E-state index in [1.807, 2.05) is 0 Å². The maximum atomic E-state index is 3.27. The van der Waals surface area contributed by atoms with E-state index in [0.29, 0.717) is 0 Å². The van der Waals surface area contributed by atoms with Crippen LogP contribution >= 0.6 is 9.24 Å². The first kappa shape index (κ1) is 9.80. The molecule has 2 heteroatoms. The summed E-state index contributed by atoms with van der Waals surface area (Å²) in [5, 5.41) is 0. The summed E-state index contributed by atoms with van der Waals surface area (Å²) in [5.41, 5.74) is 4.30. The summed E-state index contributed by atoms with van der Waals surface area (Å²) in [6, 6.07) is 0. The van der Waals surface area contributed by atoms with Gasteiger partial charge >= 0.3 is 0 Å². The van der Waals surface area contributed by atoms with Crippen LogP contribution in [0.4, 0.5) is 0 Å². The van der Waals surface area contributed by atoms with Gasteiger partial charge in [0.25, 0.3) is 0 Å². The number of aryl methyl sites for hydroxylation is 1. The van der Waals surface area contributed by atoms with E-state index >= 15 is 0 Å². The first-order valence-electron chi connectivity index (χ1n) is 4.74. The lowest BCUT2D eigenvalue weighted by Gasteiger charge is -2.01. The van der Waals surface area contributed by atoms with E-state index in [1.54, 1.807) is 0 Å². The van der Waals surface area contributed by atoms with E-state index in [9.17, 15) is 0 Å². The van der Waals surface area contributed by atoms with Gasteiger partial charge in [0.2, 0.25) is 0 Å². The van der Waals surface area contributed by atoms with Crippen molar-refractivity contribution in [1.82, 2.24) is 4.98 Å². The predicted molar refractivity (Wildman–Crippen MR) is 58.1 cm³/mol. The number of nitrogens with one attached hydrogen (secondary N) is 1. The average Bonchev–Trinajstić information content (AvgIpc) is 2.37. The highest BCUT2D eigenvalue weighted by atomic mass is 31.0. The quantitative estimate of drug-likeness (QED) is 0.690. The molecule has 0 radical (unpaired) electrons. The molecule has 1 aromatic heterocycles. The van der Waals surface area contributed by atoms with Crippen LogP contribution in [0.2, 0.25) is 0 Å². The first-order chi connectivity index (χ1) is 5.79. The Morgan fingerprint density at radius 1 is 1.25 bits per heavy atom. The highest BCUT2D eigenvalue weighted by Crippen LogP contribution is 2.12. The monoisotopic (exact) mass is 183 g/mol. The lowest BCUT2D eigenvalue weighted by Crippen LogP contribution is -2.00. The van der Waals surface area contributed by atoms with Crippen LogP contribution in [0.15, 0.2) is 6.20 Å². The zero-order valence-electron chi connectivity index (χ0n) is 7.98. The van der Waals surface area contributed by atoms with Gasteiger partial charge in [-0.2, -0.15) is 0 Å². The molecule has 0 aliphatic heterocycles. The van der Waals surface area contributed by atoms with E-state index in [2.05, 4.69) is 34.3 Å². The molecule has 0 saturated carbocycles. The van der Waals surface area contributed by atoms with E-state index < -0.39 is 0 Å². The molecular weight excluding hydrogens is 165 g/mol. The topological polar surface area (TPSA) is 15.8 Å². The van der Waals surface area contributed by atoms with Crippen LogP contribution in [-0.4, -0.2) is 4.98 Å². The summed E-state index contributed by atoms with van der Waals surface area (Å²) in [6.45, 7) is 4.46. The first-order valence-corrected chi connectivity index (χ1v) is 5.31. The SMILES string of the molecule is CCCc1c[nH]c(P)c1CCC. The molecule has 0 bridgehead atoms. The van der Waals surface area contributed by atoms with E-state index in [1.165, 1.54) is 42.2 Å². The zero-order chi connectivity index (χ0) is 8.97. The molecule has 1 aromatic rings. The predicted octanol–water partition coefficient (Wildman–Crippen LogP) is 2.42. The second kappa shape index (κ2) is 4.67. The van der Waals surface area contributed by atoms with Gasteiger partial charge in [-0.3, -0.25) is 0 Å². The third-order valence-corrected chi connectivity index (χ3v) is 2.65. The fourth-order valence-corrected chi connectivity index (χ4v) is 1.96. The van der Waals surface area contributed by atoms with Crippen molar-refractivity contribution in [3.05, 3.63) is 17.3 Å². The average molecular weight is 183 g/mol. The Morgan fingerprint density at radius 2 is 1.92 bits per heavy atom. The molecule has 0 fully saturated rings. The van der Waals surface area contributed by atoms with Gasteiger partial charge in [-0.1, -0.05) is 35.9 Å². The third-order valence-electron chi connectivity index (χ3n) is 2.13. The normalized spacial score (nSPS) is 10.6. The Labute approximate surface area is 77.2 Å². The highest BCUT2D eigenvalue weighted by Gasteiger charge is 2.05. The van der Waals surface area contributed by atoms with E-state index in [0.717, 1.165) is 0 Å². The van der Waals surface area contributed by atoms with Crippen LogP contribution in [-0.2, 0) is 12.8 Å². The van der Waals surface area contributed by atoms with Crippen molar-refractivity contribution in [1.29, 1.82) is 0 Å². The van der Waals surface area contributed by atoms with Crippen LogP contribution in [0.1, 0.15) is 37.8 Å². The molecule has 0 aliphatic rings. The highest BCUT2D eigenvalue weighted by molar-refractivity contribution is 7.27.